The van der Waals surface area contributed by atoms with Crippen molar-refractivity contribution in [3.8, 4) is 0 Å². The van der Waals surface area contributed by atoms with Crippen molar-refractivity contribution in [2.75, 3.05) is 0 Å². The summed E-state index contributed by atoms with van der Waals surface area (Å²) in [6, 6.07) is 0. The average Bonchev–Trinajstić information content (AvgIpc) is 2.85. The summed E-state index contributed by atoms with van der Waals surface area (Å²) in [6.07, 6.45) is 44.3. The second kappa shape index (κ2) is 31.0. The van der Waals surface area contributed by atoms with Gasteiger partial charge in [0.2, 0.25) is 0 Å². The Balaban J connectivity index is 3.02. The summed E-state index contributed by atoms with van der Waals surface area (Å²) >= 11 is 0. The molecule has 206 valence electrons. The highest BCUT2D eigenvalue weighted by molar-refractivity contribution is 4.53. The summed E-state index contributed by atoms with van der Waals surface area (Å²) in [7, 11) is 0. The molecule has 0 N–H and O–H groups in total. The van der Waals surface area contributed by atoms with Crippen molar-refractivity contribution in [1.29, 1.82) is 0 Å². The van der Waals surface area contributed by atoms with Crippen LogP contribution in [0.25, 0.3) is 0 Å². The Kier molecular flexibility index (Phi) is 31.0. The minimum atomic E-state index is 0.948. The second-order valence-electron chi connectivity index (χ2n) is 11.8. The average molecular weight is 479 g/mol. The lowest BCUT2D eigenvalue weighted by Crippen LogP contribution is -1.91. The maximum absolute atomic E-state index is 2.40. The summed E-state index contributed by atoms with van der Waals surface area (Å²) in [4.78, 5) is 0. The molecular weight excluding hydrogens is 408 g/mol. The highest BCUT2D eigenvalue weighted by atomic mass is 14.1. The van der Waals surface area contributed by atoms with Crippen molar-refractivity contribution in [3.63, 3.8) is 0 Å². The van der Waals surface area contributed by atoms with E-state index in [2.05, 4.69) is 20.8 Å². The molecule has 0 aromatic rings. The molecule has 0 aromatic heterocycles. The molecule has 0 spiro atoms. The predicted octanol–water partition coefficient (Wildman–Crippen LogP) is 13.4. The van der Waals surface area contributed by atoms with Crippen molar-refractivity contribution in [1.82, 2.24) is 0 Å². The van der Waals surface area contributed by atoms with Gasteiger partial charge < -0.3 is 0 Å². The largest absolute Gasteiger partial charge is 0.0654 e. The highest BCUT2D eigenvalue weighted by Crippen LogP contribution is 2.17. The van der Waals surface area contributed by atoms with E-state index < -0.39 is 0 Å². The summed E-state index contributed by atoms with van der Waals surface area (Å²) in [5.74, 6) is 0.948. The van der Waals surface area contributed by atoms with Gasteiger partial charge in [0.15, 0.2) is 0 Å². The smallest absolute Gasteiger partial charge is 0.0445 e. The van der Waals surface area contributed by atoms with E-state index in [0.29, 0.717) is 0 Å². The number of rotatable bonds is 30. The van der Waals surface area contributed by atoms with Crippen LogP contribution >= 0.6 is 0 Å². The molecular formula is C34H70. The van der Waals surface area contributed by atoms with E-state index in [1.807, 2.05) is 0 Å². The van der Waals surface area contributed by atoms with Crippen LogP contribution < -0.4 is 0 Å². The molecule has 0 saturated carbocycles. The minimum absolute atomic E-state index is 0.948. The summed E-state index contributed by atoms with van der Waals surface area (Å²) in [5, 5.41) is 0. The zero-order valence-corrected chi connectivity index (χ0v) is 24.8. The molecule has 0 fully saturated rings. The lowest BCUT2D eigenvalue weighted by molar-refractivity contribution is 0.468. The normalized spacial score (nSPS) is 12.4. The first-order valence-corrected chi connectivity index (χ1v) is 16.8. The molecule has 0 aromatic carbocycles. The molecule has 0 rings (SSSR count). The molecule has 0 aliphatic carbocycles. The van der Waals surface area contributed by atoms with Crippen molar-refractivity contribution in [3.05, 3.63) is 0 Å². The monoisotopic (exact) mass is 479 g/mol. The summed E-state index contributed by atoms with van der Waals surface area (Å²) in [5.41, 5.74) is 0. The maximum Gasteiger partial charge on any atom is -0.0445 e. The molecule has 0 heterocycles. The fourth-order valence-corrected chi connectivity index (χ4v) is 5.37. The zero-order valence-electron chi connectivity index (χ0n) is 24.8. The number of unbranched alkanes of at least 4 members (excludes halogenated alkanes) is 27. The van der Waals surface area contributed by atoms with Crippen molar-refractivity contribution in [2.24, 2.45) is 5.92 Å². The van der Waals surface area contributed by atoms with E-state index in [4.69, 9.17) is 0 Å². The standard InChI is InChI=1S/C34H70/c1-4-6-7-8-9-10-11-12-13-14-15-16-17-18-19-20-21-22-23-24-25-26-27-28-29-30-31-32-33-34(3)5-2/h34H,4-33H2,1-3H3. The summed E-state index contributed by atoms with van der Waals surface area (Å²) < 4.78 is 0. The van der Waals surface area contributed by atoms with Crippen molar-refractivity contribution < 1.29 is 0 Å². The van der Waals surface area contributed by atoms with Crippen LogP contribution in [0.1, 0.15) is 213 Å². The highest BCUT2D eigenvalue weighted by Gasteiger charge is 1.99. The molecule has 0 saturated heterocycles. The van der Waals surface area contributed by atoms with Gasteiger partial charge >= 0.3 is 0 Å². The number of hydrogen-bond donors (Lipinski definition) is 0. The first kappa shape index (κ1) is 34.0. The Labute approximate surface area is 219 Å². The van der Waals surface area contributed by atoms with Gasteiger partial charge in [-0.25, -0.2) is 0 Å². The van der Waals surface area contributed by atoms with E-state index in [9.17, 15) is 0 Å². The fraction of sp³-hybridized carbons (Fsp3) is 1.00. The molecule has 0 aliphatic heterocycles. The van der Waals surface area contributed by atoms with Gasteiger partial charge in [-0.3, -0.25) is 0 Å². The van der Waals surface area contributed by atoms with E-state index in [1.54, 1.807) is 0 Å². The maximum atomic E-state index is 2.40. The Hall–Kier alpha value is 0. The van der Waals surface area contributed by atoms with Gasteiger partial charge in [0.05, 0.1) is 0 Å². The minimum Gasteiger partial charge on any atom is -0.0654 e. The van der Waals surface area contributed by atoms with Crippen LogP contribution in [0.4, 0.5) is 0 Å². The fourth-order valence-electron chi connectivity index (χ4n) is 5.37. The molecule has 0 amide bonds. The van der Waals surface area contributed by atoms with Gasteiger partial charge in [0, 0.05) is 0 Å². The Bertz CT molecular complexity index is 333. The van der Waals surface area contributed by atoms with Gasteiger partial charge in [-0.05, 0) is 5.92 Å². The molecule has 0 bridgehead atoms. The van der Waals surface area contributed by atoms with Gasteiger partial charge in [0.25, 0.3) is 0 Å². The van der Waals surface area contributed by atoms with E-state index in [1.165, 1.54) is 193 Å². The van der Waals surface area contributed by atoms with Crippen LogP contribution in [0, 0.1) is 5.92 Å². The molecule has 34 heavy (non-hydrogen) atoms. The summed E-state index contributed by atoms with van der Waals surface area (Å²) in [6.45, 7) is 7.04. The van der Waals surface area contributed by atoms with E-state index in [0.717, 1.165) is 5.92 Å². The third-order valence-electron chi connectivity index (χ3n) is 8.25. The number of hydrogen-bond acceptors (Lipinski definition) is 0. The first-order valence-electron chi connectivity index (χ1n) is 16.8. The lowest BCUT2D eigenvalue weighted by atomic mass is 9.99. The zero-order chi connectivity index (χ0) is 24.8. The molecule has 1 unspecified atom stereocenters. The quantitative estimate of drug-likeness (QED) is 0.0900. The van der Waals surface area contributed by atoms with Gasteiger partial charge in [0.1, 0.15) is 0 Å². The molecule has 0 heteroatoms. The second-order valence-corrected chi connectivity index (χ2v) is 11.8. The lowest BCUT2D eigenvalue weighted by Gasteiger charge is -2.07. The predicted molar refractivity (Wildman–Crippen MR) is 159 cm³/mol. The van der Waals surface area contributed by atoms with Crippen LogP contribution in [-0.2, 0) is 0 Å². The van der Waals surface area contributed by atoms with Crippen LogP contribution in [-0.4, -0.2) is 0 Å². The van der Waals surface area contributed by atoms with Gasteiger partial charge in [-0.2, -0.15) is 0 Å². The van der Waals surface area contributed by atoms with E-state index >= 15 is 0 Å². The van der Waals surface area contributed by atoms with Crippen LogP contribution in [0.15, 0.2) is 0 Å². The van der Waals surface area contributed by atoms with Crippen LogP contribution in [0.2, 0.25) is 0 Å². The third-order valence-corrected chi connectivity index (χ3v) is 8.25. The van der Waals surface area contributed by atoms with Crippen LogP contribution in [0.3, 0.4) is 0 Å². The Morgan fingerprint density at radius 1 is 0.294 bits per heavy atom. The molecule has 0 aliphatic rings. The molecule has 1 atom stereocenters. The Morgan fingerprint density at radius 3 is 0.706 bits per heavy atom. The van der Waals surface area contributed by atoms with Gasteiger partial charge in [-0.15, -0.1) is 0 Å². The molecule has 0 nitrogen and oxygen atoms in total. The first-order chi connectivity index (χ1) is 16.8. The van der Waals surface area contributed by atoms with Gasteiger partial charge in [-0.1, -0.05) is 213 Å². The molecule has 0 radical (unpaired) electrons. The Morgan fingerprint density at radius 2 is 0.500 bits per heavy atom. The van der Waals surface area contributed by atoms with Crippen LogP contribution in [0.5, 0.6) is 0 Å². The third kappa shape index (κ3) is 30.0. The van der Waals surface area contributed by atoms with Crippen molar-refractivity contribution in [2.45, 2.75) is 213 Å². The van der Waals surface area contributed by atoms with Crippen molar-refractivity contribution >= 4 is 0 Å². The topological polar surface area (TPSA) is 0 Å². The SMILES string of the molecule is CCCCCCCCCCCCCCCCCCCCCCCCCCCCCCC(C)CC. The van der Waals surface area contributed by atoms with E-state index in [-0.39, 0.29) is 0 Å².